The maximum Gasteiger partial charge on any atom is 0.252 e. The Balaban J connectivity index is 1.50. The average Bonchev–Trinajstić information content (AvgIpc) is 3.20. The number of nitrogens with zero attached hydrogens (tertiary/aromatic N) is 3. The third-order valence-electron chi connectivity index (χ3n) is 4.75. The number of furan rings is 1. The molecule has 8 heteroatoms. The molecule has 0 spiro atoms. The first-order valence-corrected chi connectivity index (χ1v) is 8.80. The van der Waals surface area contributed by atoms with Gasteiger partial charge in [0.05, 0.1) is 5.69 Å². The van der Waals surface area contributed by atoms with E-state index in [2.05, 4.69) is 14.9 Å². The predicted octanol–water partition coefficient (Wildman–Crippen LogP) is 0.919. The smallest absolute Gasteiger partial charge is 0.252 e. The number of aryl methyl sites for hydroxylation is 2. The molecule has 3 rings (SSSR count). The first kappa shape index (κ1) is 18.2. The van der Waals surface area contributed by atoms with Gasteiger partial charge in [-0.1, -0.05) is 0 Å². The number of rotatable bonds is 6. The summed E-state index contributed by atoms with van der Waals surface area (Å²) in [7, 11) is 1.98. The fraction of sp³-hybridized carbons (Fsp3) is 0.500. The van der Waals surface area contributed by atoms with Gasteiger partial charge in [-0.15, -0.1) is 0 Å². The molecule has 140 valence electrons. The van der Waals surface area contributed by atoms with Crippen molar-refractivity contribution in [2.24, 2.45) is 0 Å². The summed E-state index contributed by atoms with van der Waals surface area (Å²) in [5, 5.41) is 0. The van der Waals surface area contributed by atoms with Crippen LogP contribution in [-0.2, 0) is 17.8 Å². The van der Waals surface area contributed by atoms with Crippen molar-refractivity contribution in [2.45, 2.75) is 38.8 Å². The molecule has 0 saturated carbocycles. The van der Waals surface area contributed by atoms with Gasteiger partial charge in [0.25, 0.3) is 5.56 Å². The van der Waals surface area contributed by atoms with Crippen molar-refractivity contribution < 1.29 is 9.21 Å². The number of amides is 1. The Labute approximate surface area is 152 Å². The second kappa shape index (κ2) is 7.74. The van der Waals surface area contributed by atoms with Crippen molar-refractivity contribution in [1.29, 1.82) is 0 Å². The number of likely N-dealkylation sites (N-methyl/N-ethyl adjacent to an activating group) is 1. The van der Waals surface area contributed by atoms with Crippen molar-refractivity contribution >= 4 is 11.9 Å². The Hall–Kier alpha value is -2.61. The highest BCUT2D eigenvalue weighted by molar-refractivity contribution is 5.76. The van der Waals surface area contributed by atoms with Crippen molar-refractivity contribution in [1.82, 2.24) is 19.8 Å². The molecule has 1 fully saturated rings. The van der Waals surface area contributed by atoms with E-state index in [1.165, 1.54) is 6.07 Å². The van der Waals surface area contributed by atoms with Gasteiger partial charge in [0.1, 0.15) is 11.5 Å². The molecule has 0 aromatic carbocycles. The van der Waals surface area contributed by atoms with Gasteiger partial charge in [-0.05, 0) is 32.5 Å². The SMILES string of the molecule is Cc1ccc(CCC(=O)N2CCC(N(C)Cc3cc(=O)[nH]c(N)n3)C2)o1. The van der Waals surface area contributed by atoms with Crippen LogP contribution in [0.5, 0.6) is 0 Å². The Morgan fingerprint density at radius 2 is 2.31 bits per heavy atom. The Morgan fingerprint density at radius 1 is 1.50 bits per heavy atom. The predicted molar refractivity (Wildman–Crippen MR) is 97.5 cm³/mol. The van der Waals surface area contributed by atoms with Crippen LogP contribution in [0.1, 0.15) is 30.1 Å². The molecule has 3 N–H and O–H groups in total. The molecular weight excluding hydrogens is 334 g/mol. The lowest BCUT2D eigenvalue weighted by molar-refractivity contribution is -0.130. The fourth-order valence-electron chi connectivity index (χ4n) is 3.33. The topological polar surface area (TPSA) is 108 Å². The van der Waals surface area contributed by atoms with Gasteiger partial charge >= 0.3 is 0 Å². The number of aromatic nitrogens is 2. The van der Waals surface area contributed by atoms with Gasteiger partial charge in [-0.2, -0.15) is 0 Å². The van der Waals surface area contributed by atoms with Gasteiger partial charge < -0.3 is 15.1 Å². The highest BCUT2D eigenvalue weighted by atomic mass is 16.3. The van der Waals surface area contributed by atoms with E-state index in [9.17, 15) is 9.59 Å². The molecule has 1 unspecified atom stereocenters. The van der Waals surface area contributed by atoms with Crippen molar-refractivity contribution in [3.63, 3.8) is 0 Å². The van der Waals surface area contributed by atoms with E-state index in [0.29, 0.717) is 31.6 Å². The lowest BCUT2D eigenvalue weighted by Gasteiger charge is -2.24. The fourth-order valence-corrected chi connectivity index (χ4v) is 3.33. The summed E-state index contributed by atoms with van der Waals surface area (Å²) in [5.41, 5.74) is 5.97. The van der Waals surface area contributed by atoms with E-state index in [-0.39, 0.29) is 23.5 Å². The van der Waals surface area contributed by atoms with E-state index < -0.39 is 0 Å². The molecule has 1 atom stereocenters. The molecule has 1 aliphatic rings. The van der Waals surface area contributed by atoms with Crippen LogP contribution in [0.15, 0.2) is 27.4 Å². The highest BCUT2D eigenvalue weighted by Gasteiger charge is 2.28. The van der Waals surface area contributed by atoms with Crippen LogP contribution in [0, 0.1) is 6.92 Å². The first-order chi connectivity index (χ1) is 12.4. The van der Waals surface area contributed by atoms with Gasteiger partial charge in [0.15, 0.2) is 0 Å². The minimum Gasteiger partial charge on any atom is -0.466 e. The van der Waals surface area contributed by atoms with E-state index in [1.807, 2.05) is 31.0 Å². The van der Waals surface area contributed by atoms with Crippen molar-refractivity contribution in [2.75, 3.05) is 25.9 Å². The van der Waals surface area contributed by atoms with Crippen LogP contribution in [0.25, 0.3) is 0 Å². The van der Waals surface area contributed by atoms with Crippen LogP contribution < -0.4 is 11.3 Å². The third kappa shape index (κ3) is 4.51. The molecule has 0 aliphatic carbocycles. The molecule has 8 nitrogen and oxygen atoms in total. The molecule has 0 radical (unpaired) electrons. The second-order valence-corrected chi connectivity index (χ2v) is 6.83. The Kier molecular flexibility index (Phi) is 5.41. The van der Waals surface area contributed by atoms with Crippen LogP contribution in [0.4, 0.5) is 5.95 Å². The number of nitrogens with two attached hydrogens (primary N) is 1. The highest BCUT2D eigenvalue weighted by Crippen LogP contribution is 2.18. The summed E-state index contributed by atoms with van der Waals surface area (Å²) in [6.45, 7) is 3.85. The summed E-state index contributed by atoms with van der Waals surface area (Å²) >= 11 is 0. The quantitative estimate of drug-likeness (QED) is 0.794. The zero-order valence-electron chi connectivity index (χ0n) is 15.2. The summed E-state index contributed by atoms with van der Waals surface area (Å²) in [5.74, 6) is 1.98. The molecule has 1 amide bonds. The van der Waals surface area contributed by atoms with Crippen LogP contribution in [0.2, 0.25) is 0 Å². The van der Waals surface area contributed by atoms with Gasteiger partial charge in [0.2, 0.25) is 11.9 Å². The lowest BCUT2D eigenvalue weighted by Crippen LogP contribution is -2.36. The van der Waals surface area contributed by atoms with Gasteiger partial charge in [0, 0.05) is 44.6 Å². The first-order valence-electron chi connectivity index (χ1n) is 8.80. The standard InChI is InChI=1S/C18H25N5O3/c1-12-3-4-15(26-12)5-6-17(25)23-8-7-14(11-23)22(2)10-13-9-16(24)21-18(19)20-13/h3-4,9,14H,5-8,10-11H2,1-2H3,(H3,19,20,21,24). The van der Waals surface area contributed by atoms with E-state index in [1.54, 1.807) is 0 Å². The molecule has 2 aromatic rings. The summed E-state index contributed by atoms with van der Waals surface area (Å²) in [6, 6.07) is 5.53. The number of anilines is 1. The average molecular weight is 359 g/mol. The van der Waals surface area contributed by atoms with Crippen LogP contribution >= 0.6 is 0 Å². The van der Waals surface area contributed by atoms with Crippen molar-refractivity contribution in [3.05, 3.63) is 45.8 Å². The molecule has 3 heterocycles. The number of hydrogen-bond donors (Lipinski definition) is 2. The van der Waals surface area contributed by atoms with Crippen LogP contribution in [-0.4, -0.2) is 51.9 Å². The Bertz CT molecular complexity index is 828. The molecule has 0 bridgehead atoms. The summed E-state index contributed by atoms with van der Waals surface area (Å²) in [4.78, 5) is 34.5. The number of aromatic amines is 1. The number of hydrogen-bond acceptors (Lipinski definition) is 6. The van der Waals surface area contributed by atoms with Gasteiger partial charge in [-0.3, -0.25) is 19.5 Å². The third-order valence-corrected chi connectivity index (χ3v) is 4.75. The minimum atomic E-state index is -0.253. The minimum absolute atomic E-state index is 0.122. The zero-order chi connectivity index (χ0) is 18.7. The molecule has 1 aliphatic heterocycles. The normalized spacial score (nSPS) is 17.2. The number of nitrogens with one attached hydrogen (secondary N) is 1. The van der Waals surface area contributed by atoms with E-state index in [4.69, 9.17) is 10.2 Å². The van der Waals surface area contributed by atoms with E-state index in [0.717, 1.165) is 24.5 Å². The Morgan fingerprint density at radius 3 is 3.00 bits per heavy atom. The largest absolute Gasteiger partial charge is 0.466 e. The van der Waals surface area contributed by atoms with Crippen LogP contribution in [0.3, 0.4) is 0 Å². The number of carbonyl (C=O) groups is 1. The second-order valence-electron chi connectivity index (χ2n) is 6.83. The number of nitrogen functional groups attached to an aromatic ring is 1. The van der Waals surface area contributed by atoms with Gasteiger partial charge in [-0.25, -0.2) is 4.98 Å². The number of likely N-dealkylation sites (tertiary alicyclic amines) is 1. The monoisotopic (exact) mass is 359 g/mol. The molecule has 2 aromatic heterocycles. The molecular formula is C18H25N5O3. The van der Waals surface area contributed by atoms with Crippen molar-refractivity contribution in [3.8, 4) is 0 Å². The lowest BCUT2D eigenvalue weighted by atomic mass is 10.2. The summed E-state index contributed by atoms with van der Waals surface area (Å²) < 4.78 is 5.52. The number of carbonyl (C=O) groups excluding carboxylic acids is 1. The summed E-state index contributed by atoms with van der Waals surface area (Å²) in [6.07, 6.45) is 1.98. The maximum atomic E-state index is 12.4. The number of H-pyrrole nitrogens is 1. The molecule has 1 saturated heterocycles. The molecule has 26 heavy (non-hydrogen) atoms. The van der Waals surface area contributed by atoms with E-state index >= 15 is 0 Å². The zero-order valence-corrected chi connectivity index (χ0v) is 15.2. The maximum absolute atomic E-state index is 12.4.